The van der Waals surface area contributed by atoms with E-state index in [1.54, 1.807) is 6.20 Å². The predicted octanol–water partition coefficient (Wildman–Crippen LogP) is 3.43. The first-order valence-electron chi connectivity index (χ1n) is 12.4. The normalized spacial score (nSPS) is 24.8. The molecule has 2 aromatic rings. The van der Waals surface area contributed by atoms with Crippen molar-refractivity contribution in [1.29, 1.82) is 0 Å². The zero-order valence-electron chi connectivity index (χ0n) is 20.6. The zero-order chi connectivity index (χ0) is 24.5. The van der Waals surface area contributed by atoms with Crippen molar-refractivity contribution in [1.82, 2.24) is 19.7 Å². The molecule has 1 N–H and O–H groups in total. The molecule has 0 amide bonds. The van der Waals surface area contributed by atoms with Gasteiger partial charge in [0, 0.05) is 42.9 Å². The Morgan fingerprint density at radius 3 is 2.89 bits per heavy atom. The largest absolute Gasteiger partial charge is 0.479 e. The third-order valence-electron chi connectivity index (χ3n) is 7.42. The fraction of sp³-hybridized carbons (Fsp3) is 0.600. The molecule has 0 bridgehead atoms. The predicted molar refractivity (Wildman–Crippen MR) is 126 cm³/mol. The van der Waals surface area contributed by atoms with Crippen molar-refractivity contribution < 1.29 is 23.7 Å². The van der Waals surface area contributed by atoms with Crippen LogP contribution in [-0.2, 0) is 11.3 Å². The molecule has 0 aliphatic carbocycles. The topological polar surface area (TPSA) is 88.0 Å². The number of hydrogen-bond acceptors (Lipinski definition) is 7. The lowest BCUT2D eigenvalue weighted by molar-refractivity contribution is -0.460. The van der Waals surface area contributed by atoms with Gasteiger partial charge in [-0.05, 0) is 37.8 Å². The molecule has 0 aromatic carbocycles. The van der Waals surface area contributed by atoms with Crippen molar-refractivity contribution >= 4 is 5.69 Å². The third-order valence-corrected chi connectivity index (χ3v) is 7.42. The summed E-state index contributed by atoms with van der Waals surface area (Å²) in [7, 11) is 1.40. The Balaban J connectivity index is 1.37. The van der Waals surface area contributed by atoms with Gasteiger partial charge in [-0.25, -0.2) is 9.37 Å². The van der Waals surface area contributed by atoms with Gasteiger partial charge in [0.2, 0.25) is 5.70 Å². The van der Waals surface area contributed by atoms with Crippen LogP contribution in [0.4, 0.5) is 10.1 Å². The van der Waals surface area contributed by atoms with Crippen LogP contribution in [0.2, 0.25) is 0 Å². The van der Waals surface area contributed by atoms with Crippen molar-refractivity contribution in [3.63, 3.8) is 0 Å². The molecule has 1 fully saturated rings. The fourth-order valence-electron chi connectivity index (χ4n) is 5.29. The maximum Gasteiger partial charge on any atom is 0.259 e. The van der Waals surface area contributed by atoms with Gasteiger partial charge in [0.1, 0.15) is 6.20 Å². The van der Waals surface area contributed by atoms with Gasteiger partial charge in [-0.15, -0.1) is 0 Å². The van der Waals surface area contributed by atoms with Crippen LogP contribution in [0.25, 0.3) is 0 Å². The number of halogens is 1. The van der Waals surface area contributed by atoms with Crippen LogP contribution < -0.4 is 4.74 Å². The minimum Gasteiger partial charge on any atom is -0.479 e. The first-order chi connectivity index (χ1) is 16.9. The summed E-state index contributed by atoms with van der Waals surface area (Å²) < 4.78 is 29.0. The fourth-order valence-corrected chi connectivity index (χ4v) is 5.29. The molecule has 0 radical (unpaired) electrons. The molecular formula is C25H34FN6O3+. The van der Waals surface area contributed by atoms with Gasteiger partial charge in [0.25, 0.3) is 11.6 Å². The van der Waals surface area contributed by atoms with Crippen LogP contribution in [0, 0.1) is 11.7 Å². The molecule has 3 aliphatic rings. The van der Waals surface area contributed by atoms with Crippen molar-refractivity contribution in [3.8, 4) is 5.88 Å². The lowest BCUT2D eigenvalue weighted by Gasteiger charge is -2.26. The van der Waals surface area contributed by atoms with Gasteiger partial charge in [-0.2, -0.15) is 5.10 Å². The summed E-state index contributed by atoms with van der Waals surface area (Å²) in [5, 5.41) is 19.6. The highest BCUT2D eigenvalue weighted by Crippen LogP contribution is 2.42. The Labute approximate surface area is 204 Å². The highest BCUT2D eigenvalue weighted by molar-refractivity contribution is 5.35. The SMILES string of the molecule is COc1ncc([N+]2=NC(c3cnn(CC4CCN(C(C)C(C)O)C4)c3)C3=C2CCOCC3)cc1F. The lowest BCUT2D eigenvalue weighted by atomic mass is 9.98. The van der Waals surface area contributed by atoms with Gasteiger partial charge in [0.05, 0.1) is 45.1 Å². The number of aliphatic hydroxyl groups is 1. The van der Waals surface area contributed by atoms with Crippen LogP contribution >= 0.6 is 0 Å². The molecule has 0 spiro atoms. The van der Waals surface area contributed by atoms with Gasteiger partial charge >= 0.3 is 0 Å². The van der Waals surface area contributed by atoms with Crippen LogP contribution in [0.3, 0.4) is 0 Å². The lowest BCUT2D eigenvalue weighted by Crippen LogP contribution is -2.38. The molecule has 4 atom stereocenters. The van der Waals surface area contributed by atoms with E-state index >= 15 is 0 Å². The minimum atomic E-state index is -0.515. The van der Waals surface area contributed by atoms with Crippen molar-refractivity contribution in [2.24, 2.45) is 11.0 Å². The Bertz CT molecular complexity index is 1130. The van der Waals surface area contributed by atoms with Gasteiger partial charge in [0.15, 0.2) is 11.9 Å². The minimum absolute atomic E-state index is 0.0301. The number of azo groups is 2. The second-order valence-electron chi connectivity index (χ2n) is 9.73. The molecule has 0 saturated carbocycles. The quantitative estimate of drug-likeness (QED) is 0.605. The number of likely N-dealkylation sites (tertiary alicyclic amines) is 1. The van der Waals surface area contributed by atoms with Crippen LogP contribution in [0.15, 0.2) is 41.0 Å². The molecule has 5 heterocycles. The molecule has 5 rings (SSSR count). The summed E-state index contributed by atoms with van der Waals surface area (Å²) in [5.41, 5.74) is 3.84. The van der Waals surface area contributed by atoms with E-state index in [9.17, 15) is 9.50 Å². The van der Waals surface area contributed by atoms with E-state index in [-0.39, 0.29) is 24.1 Å². The van der Waals surface area contributed by atoms with E-state index in [0.29, 0.717) is 31.2 Å². The molecule has 4 unspecified atom stereocenters. The summed E-state index contributed by atoms with van der Waals surface area (Å²) in [6.45, 7) is 7.98. The van der Waals surface area contributed by atoms with E-state index in [4.69, 9.17) is 14.6 Å². The zero-order valence-corrected chi connectivity index (χ0v) is 20.6. The number of aromatic nitrogens is 3. The second-order valence-corrected chi connectivity index (χ2v) is 9.73. The summed E-state index contributed by atoms with van der Waals surface area (Å²) >= 11 is 0. The standard InChI is InChI=1S/C25H34FN6O3/c1-16(17(2)33)30-7-4-18(13-30)14-31-15-19(11-28-31)24-21-5-8-35-9-6-23(21)32(29-24)20-10-22(26)25(34-3)27-12-20/h10-12,15-18,24,33H,4-9,13-14H2,1-3H3/q+1. The van der Waals surface area contributed by atoms with E-state index < -0.39 is 5.82 Å². The van der Waals surface area contributed by atoms with Crippen molar-refractivity contribution in [2.75, 3.05) is 33.4 Å². The number of rotatable bonds is 7. The summed E-state index contributed by atoms with van der Waals surface area (Å²) in [4.78, 5) is 6.46. The monoisotopic (exact) mass is 485 g/mol. The smallest absolute Gasteiger partial charge is 0.259 e. The van der Waals surface area contributed by atoms with Crippen molar-refractivity contribution in [2.45, 2.75) is 57.8 Å². The molecule has 188 valence electrons. The Kier molecular flexibility index (Phi) is 6.95. The van der Waals surface area contributed by atoms with Crippen molar-refractivity contribution in [3.05, 3.63) is 47.3 Å². The van der Waals surface area contributed by atoms with E-state index in [1.165, 1.54) is 18.7 Å². The molecule has 3 aliphatic heterocycles. The number of ether oxygens (including phenoxy) is 2. The number of pyridine rings is 1. The summed E-state index contributed by atoms with van der Waals surface area (Å²) in [6, 6.07) is 1.40. The van der Waals surface area contributed by atoms with Gasteiger partial charge < -0.3 is 14.6 Å². The number of nitrogens with zero attached hydrogens (tertiary/aromatic N) is 6. The average Bonchev–Trinajstić information content (AvgIpc) is 3.54. The molecule has 35 heavy (non-hydrogen) atoms. The Hall–Kier alpha value is -2.69. The summed E-state index contributed by atoms with van der Waals surface area (Å²) in [6.07, 6.45) is 7.80. The van der Waals surface area contributed by atoms with Crippen LogP contribution in [0.5, 0.6) is 5.88 Å². The first-order valence-corrected chi connectivity index (χ1v) is 12.4. The van der Waals surface area contributed by atoms with E-state index in [2.05, 4.69) is 28.1 Å². The number of hydrogen-bond donors (Lipinski definition) is 1. The first kappa shape index (κ1) is 24.0. The molecule has 10 heteroatoms. The second kappa shape index (κ2) is 10.1. The highest BCUT2D eigenvalue weighted by atomic mass is 19.1. The van der Waals surface area contributed by atoms with Crippen LogP contribution in [0.1, 0.15) is 44.7 Å². The highest BCUT2D eigenvalue weighted by Gasteiger charge is 2.40. The van der Waals surface area contributed by atoms with Gasteiger partial charge in [-0.1, -0.05) is 4.70 Å². The number of methoxy groups -OCH3 is 1. The molecule has 2 aromatic heterocycles. The average molecular weight is 486 g/mol. The number of aliphatic hydroxyl groups excluding tert-OH is 1. The maximum absolute atomic E-state index is 14.4. The molecule has 1 saturated heterocycles. The third kappa shape index (κ3) is 4.87. The van der Waals surface area contributed by atoms with Gasteiger partial charge in [-0.3, -0.25) is 9.58 Å². The summed E-state index contributed by atoms with van der Waals surface area (Å²) in [5.74, 6) is -0.0492. The maximum atomic E-state index is 14.4. The molecular weight excluding hydrogens is 451 g/mol. The van der Waals surface area contributed by atoms with E-state index in [1.807, 2.05) is 22.5 Å². The van der Waals surface area contributed by atoms with E-state index in [0.717, 1.165) is 43.7 Å². The molecule has 9 nitrogen and oxygen atoms in total. The Morgan fingerprint density at radius 2 is 2.11 bits per heavy atom. The van der Waals surface area contributed by atoms with Crippen LogP contribution in [-0.4, -0.2) is 75.0 Å². The Morgan fingerprint density at radius 1 is 1.29 bits per heavy atom.